The molecular formula is C13H23N3O3S2. The Morgan fingerprint density at radius 1 is 1.57 bits per heavy atom. The molecule has 0 aliphatic carbocycles. The summed E-state index contributed by atoms with van der Waals surface area (Å²) < 4.78 is 30.0. The van der Waals surface area contributed by atoms with E-state index in [4.69, 9.17) is 4.42 Å². The summed E-state index contributed by atoms with van der Waals surface area (Å²) in [5.41, 5.74) is 0.796. The molecule has 1 aromatic rings. The summed E-state index contributed by atoms with van der Waals surface area (Å²) in [4.78, 5) is 6.21. The zero-order valence-electron chi connectivity index (χ0n) is 12.7. The summed E-state index contributed by atoms with van der Waals surface area (Å²) in [7, 11) is -3.15. The highest BCUT2D eigenvalue weighted by Gasteiger charge is 2.35. The molecule has 1 aliphatic heterocycles. The number of hydrogen-bond donors (Lipinski definition) is 1. The van der Waals surface area contributed by atoms with Crippen molar-refractivity contribution in [1.82, 2.24) is 10.3 Å². The topological polar surface area (TPSA) is 75.4 Å². The van der Waals surface area contributed by atoms with Crippen LogP contribution in [0.3, 0.4) is 0 Å². The van der Waals surface area contributed by atoms with Crippen LogP contribution in [0.5, 0.6) is 0 Å². The Morgan fingerprint density at radius 3 is 3.00 bits per heavy atom. The first-order valence-electron chi connectivity index (χ1n) is 7.17. The van der Waals surface area contributed by atoms with Crippen LogP contribution in [0.15, 0.2) is 10.7 Å². The van der Waals surface area contributed by atoms with Crippen molar-refractivity contribution in [3.8, 4) is 0 Å². The molecule has 0 amide bonds. The van der Waals surface area contributed by atoms with Crippen molar-refractivity contribution in [2.75, 3.05) is 28.7 Å². The summed E-state index contributed by atoms with van der Waals surface area (Å²) in [5, 5.41) is 2.73. The maximum Gasteiger partial charge on any atom is 0.298 e. The van der Waals surface area contributed by atoms with E-state index in [1.54, 1.807) is 29.8 Å². The average molecular weight is 333 g/mol. The Balaban J connectivity index is 2.14. The third-order valence-corrected chi connectivity index (χ3v) is 6.67. The third kappa shape index (κ3) is 4.14. The van der Waals surface area contributed by atoms with Crippen LogP contribution in [0.25, 0.3) is 0 Å². The number of aromatic nitrogens is 1. The minimum Gasteiger partial charge on any atom is -0.432 e. The molecule has 1 unspecified atom stereocenters. The van der Waals surface area contributed by atoms with Gasteiger partial charge < -0.3 is 14.6 Å². The number of sulfone groups is 1. The van der Waals surface area contributed by atoms with E-state index in [0.29, 0.717) is 30.9 Å². The van der Waals surface area contributed by atoms with Gasteiger partial charge in [-0.15, -0.1) is 0 Å². The van der Waals surface area contributed by atoms with E-state index in [-0.39, 0.29) is 5.75 Å². The third-order valence-electron chi connectivity index (χ3n) is 3.38. The first kappa shape index (κ1) is 16.6. The van der Waals surface area contributed by atoms with Crippen LogP contribution in [0.4, 0.5) is 6.01 Å². The first-order chi connectivity index (χ1) is 9.94. The molecule has 1 fully saturated rings. The highest BCUT2D eigenvalue weighted by atomic mass is 32.2. The summed E-state index contributed by atoms with van der Waals surface area (Å²) in [5.74, 6) is 1.59. The van der Waals surface area contributed by atoms with Gasteiger partial charge >= 0.3 is 0 Å². The summed E-state index contributed by atoms with van der Waals surface area (Å²) in [6, 6.07) is 0.780. The van der Waals surface area contributed by atoms with Gasteiger partial charge in [0, 0.05) is 36.4 Å². The van der Waals surface area contributed by atoms with Gasteiger partial charge in [0.2, 0.25) is 0 Å². The molecule has 0 saturated carbocycles. The number of anilines is 1. The van der Waals surface area contributed by atoms with E-state index in [2.05, 4.69) is 24.1 Å². The van der Waals surface area contributed by atoms with Crippen molar-refractivity contribution in [2.24, 2.45) is 0 Å². The van der Waals surface area contributed by atoms with E-state index in [0.717, 1.165) is 11.4 Å². The predicted molar refractivity (Wildman–Crippen MR) is 86.4 cm³/mol. The maximum atomic E-state index is 12.2. The summed E-state index contributed by atoms with van der Waals surface area (Å²) >= 11 is 1.66. The Kier molecular flexibility index (Phi) is 5.56. The molecule has 1 aliphatic rings. The molecule has 8 heteroatoms. The normalized spacial score (nSPS) is 20.2. The number of thioether (sulfide) groups is 1. The Bertz CT molecular complexity index is 557. The summed E-state index contributed by atoms with van der Waals surface area (Å²) in [6.07, 6.45) is 1.60. The molecule has 1 saturated heterocycles. The van der Waals surface area contributed by atoms with Crippen molar-refractivity contribution in [2.45, 2.75) is 38.7 Å². The van der Waals surface area contributed by atoms with Crippen LogP contribution in [-0.2, 0) is 16.4 Å². The lowest BCUT2D eigenvalue weighted by Crippen LogP contribution is -2.48. The number of rotatable bonds is 6. The predicted octanol–water partition coefficient (Wildman–Crippen LogP) is 1.49. The molecule has 0 bridgehead atoms. The largest absolute Gasteiger partial charge is 0.432 e. The molecule has 120 valence electrons. The second-order valence-electron chi connectivity index (χ2n) is 5.33. The number of nitrogens with one attached hydrogen (secondary N) is 1. The van der Waals surface area contributed by atoms with E-state index in [1.165, 1.54) is 0 Å². The number of oxazole rings is 1. The fourth-order valence-corrected chi connectivity index (χ4v) is 5.07. The monoisotopic (exact) mass is 333 g/mol. The minimum atomic E-state index is -3.15. The summed E-state index contributed by atoms with van der Waals surface area (Å²) in [6.45, 7) is 7.07. The van der Waals surface area contributed by atoms with Gasteiger partial charge in [0.1, 0.15) is 11.6 Å². The van der Waals surface area contributed by atoms with Crippen LogP contribution >= 0.6 is 11.8 Å². The number of hydrogen-bond acceptors (Lipinski definition) is 7. The van der Waals surface area contributed by atoms with Gasteiger partial charge in [-0.05, 0) is 0 Å². The van der Waals surface area contributed by atoms with Crippen molar-refractivity contribution in [3.63, 3.8) is 0 Å². The van der Waals surface area contributed by atoms with E-state index in [9.17, 15) is 8.42 Å². The molecule has 2 rings (SSSR count). The second-order valence-corrected chi connectivity index (χ2v) is 8.93. The lowest BCUT2D eigenvalue weighted by atomic mass is 10.4. The van der Waals surface area contributed by atoms with Crippen LogP contribution in [0.1, 0.15) is 26.5 Å². The lowest BCUT2D eigenvalue weighted by Gasteiger charge is -2.33. The van der Waals surface area contributed by atoms with E-state index >= 15 is 0 Å². The van der Waals surface area contributed by atoms with Gasteiger partial charge in [0.05, 0.1) is 5.69 Å². The molecule has 6 nitrogen and oxygen atoms in total. The van der Waals surface area contributed by atoms with Crippen LogP contribution in [0, 0.1) is 0 Å². The van der Waals surface area contributed by atoms with E-state index < -0.39 is 15.2 Å². The smallest absolute Gasteiger partial charge is 0.298 e. The molecule has 21 heavy (non-hydrogen) atoms. The van der Waals surface area contributed by atoms with Gasteiger partial charge in [0.25, 0.3) is 6.01 Å². The molecule has 1 aromatic heterocycles. The zero-order chi connectivity index (χ0) is 15.5. The Morgan fingerprint density at radius 2 is 2.33 bits per heavy atom. The Labute approximate surface area is 130 Å². The van der Waals surface area contributed by atoms with Crippen LogP contribution < -0.4 is 10.2 Å². The zero-order valence-corrected chi connectivity index (χ0v) is 14.3. The van der Waals surface area contributed by atoms with Crippen LogP contribution in [-0.4, -0.2) is 48.6 Å². The van der Waals surface area contributed by atoms with Crippen LogP contribution in [0.2, 0.25) is 0 Å². The van der Waals surface area contributed by atoms with Crippen molar-refractivity contribution in [1.29, 1.82) is 0 Å². The van der Waals surface area contributed by atoms with E-state index in [1.807, 2.05) is 0 Å². The fourth-order valence-electron chi connectivity index (χ4n) is 2.11. The van der Waals surface area contributed by atoms with Gasteiger partial charge in [-0.25, -0.2) is 8.42 Å². The van der Waals surface area contributed by atoms with Gasteiger partial charge in [-0.3, -0.25) is 0 Å². The molecule has 1 atom stereocenters. The highest BCUT2D eigenvalue weighted by Crippen LogP contribution is 2.26. The molecule has 2 heterocycles. The first-order valence-corrected chi connectivity index (χ1v) is 10.0. The van der Waals surface area contributed by atoms with Gasteiger partial charge in [0.15, 0.2) is 9.84 Å². The molecule has 0 aromatic carbocycles. The highest BCUT2D eigenvalue weighted by molar-refractivity contribution is 8.01. The Hall–Kier alpha value is -0.730. The molecular weight excluding hydrogens is 310 g/mol. The quantitative estimate of drug-likeness (QED) is 0.845. The molecule has 0 radical (unpaired) electrons. The standard InChI is InChI=1S/C13H23N3O3S2/c1-4-21(17,18)12-9-20-6-5-16(12)13-15-11(8-19-13)7-14-10(2)3/h8,10,12,14H,4-7,9H2,1-3H3. The van der Waals surface area contributed by atoms with Gasteiger partial charge in [-0.2, -0.15) is 16.7 Å². The molecule has 0 spiro atoms. The molecule has 1 N–H and O–H groups in total. The maximum absolute atomic E-state index is 12.2. The lowest BCUT2D eigenvalue weighted by molar-refractivity contribution is 0.519. The van der Waals surface area contributed by atoms with Crippen molar-refractivity contribution < 1.29 is 12.8 Å². The minimum absolute atomic E-state index is 0.136. The van der Waals surface area contributed by atoms with Crippen molar-refractivity contribution in [3.05, 3.63) is 12.0 Å². The average Bonchev–Trinajstić information content (AvgIpc) is 2.94. The van der Waals surface area contributed by atoms with Crippen molar-refractivity contribution >= 4 is 27.6 Å². The number of nitrogens with zero attached hydrogens (tertiary/aromatic N) is 2. The fraction of sp³-hybridized carbons (Fsp3) is 0.769. The second kappa shape index (κ2) is 7.02. The SMILES string of the molecule is CCS(=O)(=O)C1CSCCN1c1nc(CNC(C)C)co1. The van der Waals surface area contributed by atoms with Gasteiger partial charge in [-0.1, -0.05) is 20.8 Å².